The number of quaternary nitrogens is 1. The normalized spacial score (nSPS) is 54.5. The Hall–Kier alpha value is -1.10. The van der Waals surface area contributed by atoms with Gasteiger partial charge in [0.1, 0.15) is 23.5 Å². The highest BCUT2D eigenvalue weighted by atomic mass is 16.5. The van der Waals surface area contributed by atoms with Crippen LogP contribution in [0.4, 0.5) is 0 Å². The van der Waals surface area contributed by atoms with E-state index in [1.807, 2.05) is 6.08 Å². The van der Waals surface area contributed by atoms with E-state index < -0.39 is 5.60 Å². The summed E-state index contributed by atoms with van der Waals surface area (Å²) in [5, 5.41) is 22.8. The molecule has 26 heavy (non-hydrogen) atoms. The van der Waals surface area contributed by atoms with Crippen molar-refractivity contribution < 1.29 is 19.4 Å². The van der Waals surface area contributed by atoms with Crippen LogP contribution in [0.15, 0.2) is 35.6 Å². The molecule has 4 nitrogen and oxygen atoms in total. The van der Waals surface area contributed by atoms with Crippen molar-refractivity contribution in [1.29, 1.82) is 0 Å². The highest BCUT2D eigenvalue weighted by Crippen LogP contribution is 2.70. The molecule has 2 N–H and O–H groups in total. The van der Waals surface area contributed by atoms with Crippen molar-refractivity contribution in [2.45, 2.75) is 62.4 Å². The van der Waals surface area contributed by atoms with E-state index in [2.05, 4.69) is 19.7 Å². The van der Waals surface area contributed by atoms with Crippen molar-refractivity contribution >= 4 is 0 Å². The second-order valence-electron chi connectivity index (χ2n) is 10.2. The third kappa shape index (κ3) is 1.64. The van der Waals surface area contributed by atoms with E-state index >= 15 is 0 Å². The van der Waals surface area contributed by atoms with Gasteiger partial charge in [0.25, 0.3) is 0 Å². The minimum atomic E-state index is -0.713. The molecule has 140 valence electrons. The van der Waals surface area contributed by atoms with Crippen LogP contribution in [0.1, 0.15) is 38.5 Å². The highest BCUT2D eigenvalue weighted by molar-refractivity contribution is 5.42. The predicted octanol–water partition coefficient (Wildman–Crippen LogP) is 2.85. The lowest BCUT2D eigenvalue weighted by Crippen LogP contribution is -2.79. The Morgan fingerprint density at radius 2 is 2.12 bits per heavy atom. The first kappa shape index (κ1) is 15.9. The number of likely N-dealkylation sites (N-methyl/N-ethyl adjacent to an activating group) is 1. The van der Waals surface area contributed by atoms with Gasteiger partial charge >= 0.3 is 0 Å². The van der Waals surface area contributed by atoms with Crippen molar-refractivity contribution in [1.82, 2.24) is 0 Å². The van der Waals surface area contributed by atoms with Crippen LogP contribution < -0.4 is 0 Å². The number of likely N-dealkylation sites (tertiary alicyclic amines) is 1. The van der Waals surface area contributed by atoms with Gasteiger partial charge in [0.15, 0.2) is 0 Å². The first-order valence-corrected chi connectivity index (χ1v) is 10.4. The number of piperidine rings is 1. The number of allylic oxidation sites excluding steroid dienone is 2. The van der Waals surface area contributed by atoms with Crippen LogP contribution >= 0.6 is 0 Å². The smallest absolute Gasteiger partial charge is 0.126 e. The SMILES string of the molecule is C=C1CC[C@@]2(O)[C@H]3CC4=CC=C(O)C5O[C@@H]1[C@]2(CC[N+]3(C)CC1CC1)C45. The van der Waals surface area contributed by atoms with Crippen molar-refractivity contribution in [3.8, 4) is 0 Å². The summed E-state index contributed by atoms with van der Waals surface area (Å²) in [6, 6.07) is 0.242. The third-order valence-electron chi connectivity index (χ3n) is 8.91. The molecule has 4 aliphatic carbocycles. The van der Waals surface area contributed by atoms with Crippen LogP contribution in [0.3, 0.4) is 0 Å². The van der Waals surface area contributed by atoms with Crippen LogP contribution in [0.5, 0.6) is 0 Å². The van der Waals surface area contributed by atoms with Gasteiger partial charge in [-0.05, 0) is 37.3 Å². The van der Waals surface area contributed by atoms with Gasteiger partial charge < -0.3 is 19.4 Å². The molecule has 6 aliphatic rings. The third-order valence-corrected chi connectivity index (χ3v) is 8.91. The number of hydrogen-bond acceptors (Lipinski definition) is 3. The zero-order valence-corrected chi connectivity index (χ0v) is 15.7. The van der Waals surface area contributed by atoms with Gasteiger partial charge in [-0.2, -0.15) is 0 Å². The zero-order chi connectivity index (χ0) is 17.9. The molecule has 0 aromatic heterocycles. The number of nitrogens with zero attached hydrogens (tertiary/aromatic N) is 1. The quantitative estimate of drug-likeness (QED) is 0.591. The van der Waals surface area contributed by atoms with Crippen molar-refractivity contribution in [3.05, 3.63) is 35.6 Å². The van der Waals surface area contributed by atoms with E-state index in [0.29, 0.717) is 5.76 Å². The van der Waals surface area contributed by atoms with Crippen LogP contribution in [0.25, 0.3) is 0 Å². The molecule has 2 bridgehead atoms. The van der Waals surface area contributed by atoms with Gasteiger partial charge in [0.05, 0.1) is 26.2 Å². The molecule has 7 atom stereocenters. The lowest BCUT2D eigenvalue weighted by molar-refractivity contribution is -0.952. The maximum atomic E-state index is 12.3. The van der Waals surface area contributed by atoms with E-state index in [-0.39, 0.29) is 29.6 Å². The van der Waals surface area contributed by atoms with Crippen molar-refractivity contribution in [3.63, 3.8) is 0 Å². The van der Waals surface area contributed by atoms with Gasteiger partial charge in [0.2, 0.25) is 0 Å². The predicted molar refractivity (Wildman–Crippen MR) is 98.4 cm³/mol. The van der Waals surface area contributed by atoms with E-state index in [0.717, 1.165) is 48.2 Å². The average Bonchev–Trinajstić information content (AvgIpc) is 3.32. The Morgan fingerprint density at radius 3 is 2.88 bits per heavy atom. The fourth-order valence-corrected chi connectivity index (χ4v) is 7.62. The number of aliphatic hydroxyl groups excluding tert-OH is 1. The molecule has 5 fully saturated rings. The summed E-state index contributed by atoms with van der Waals surface area (Å²) in [5.74, 6) is 1.30. The Kier molecular flexibility index (Phi) is 2.85. The number of ether oxygens (including phenoxy) is 1. The van der Waals surface area contributed by atoms with Gasteiger partial charge in [-0.15, -0.1) is 0 Å². The highest BCUT2D eigenvalue weighted by Gasteiger charge is 2.78. The van der Waals surface area contributed by atoms with Crippen molar-refractivity contribution in [2.24, 2.45) is 17.3 Å². The monoisotopic (exact) mass is 356 g/mol. The zero-order valence-electron chi connectivity index (χ0n) is 15.7. The largest absolute Gasteiger partial charge is 0.510 e. The summed E-state index contributed by atoms with van der Waals surface area (Å²) in [4.78, 5) is 0. The maximum absolute atomic E-state index is 12.3. The molecule has 1 spiro atoms. The van der Waals surface area contributed by atoms with E-state index in [4.69, 9.17) is 4.74 Å². The molecular weight excluding hydrogens is 326 g/mol. The lowest BCUT2D eigenvalue weighted by atomic mass is 9.44. The molecule has 0 aromatic rings. The topological polar surface area (TPSA) is 49.7 Å². The second kappa shape index (κ2) is 4.65. The fourth-order valence-electron chi connectivity index (χ4n) is 7.62. The molecule has 3 saturated carbocycles. The van der Waals surface area contributed by atoms with Crippen molar-refractivity contribution in [2.75, 3.05) is 20.1 Å². The second-order valence-corrected chi connectivity index (χ2v) is 10.2. The Balaban J connectivity index is 1.54. The first-order chi connectivity index (χ1) is 12.4. The van der Waals surface area contributed by atoms with E-state index in [9.17, 15) is 10.2 Å². The Bertz CT molecular complexity index is 767. The number of rotatable bonds is 2. The summed E-state index contributed by atoms with van der Waals surface area (Å²) in [6.45, 7) is 6.64. The molecule has 2 saturated heterocycles. The maximum Gasteiger partial charge on any atom is 0.126 e. The molecule has 0 amide bonds. The summed E-state index contributed by atoms with van der Waals surface area (Å²) >= 11 is 0. The molecule has 4 heteroatoms. The minimum absolute atomic E-state index is 0.116. The van der Waals surface area contributed by atoms with Crippen LogP contribution in [-0.2, 0) is 4.74 Å². The molecule has 2 heterocycles. The van der Waals surface area contributed by atoms with Crippen LogP contribution in [-0.4, -0.2) is 58.7 Å². The van der Waals surface area contributed by atoms with Gasteiger partial charge in [-0.3, -0.25) is 0 Å². The molecule has 6 rings (SSSR count). The molecule has 2 aliphatic heterocycles. The standard InChI is InChI=1S/C22H29NO3/c1-13-7-8-22(25)17-11-15-5-6-16(24)19-18(15)21(22,20(13)26-19)9-10-23(17,2)12-14-3-4-14/h5-6,14,17-20,25H,1,3-4,7-12H2,2H3/p+1/t17-,18?,19?,20+,21+,22-,23?/m1/s1. The van der Waals surface area contributed by atoms with Gasteiger partial charge in [-0.1, -0.05) is 18.2 Å². The fraction of sp³-hybridized carbons (Fsp3) is 0.727. The molecular formula is C22H30NO3+. The summed E-state index contributed by atoms with van der Waals surface area (Å²) < 4.78 is 7.46. The molecule has 0 aromatic carbocycles. The van der Waals surface area contributed by atoms with Gasteiger partial charge in [0, 0.05) is 30.1 Å². The minimum Gasteiger partial charge on any atom is -0.510 e. The summed E-state index contributed by atoms with van der Waals surface area (Å²) in [7, 11) is 2.39. The average molecular weight is 356 g/mol. The van der Waals surface area contributed by atoms with E-state index in [1.54, 1.807) is 0 Å². The van der Waals surface area contributed by atoms with E-state index in [1.165, 1.54) is 25.0 Å². The molecule has 3 unspecified atom stereocenters. The Labute approximate surface area is 155 Å². The van der Waals surface area contributed by atoms with Crippen LogP contribution in [0, 0.1) is 17.3 Å². The summed E-state index contributed by atoms with van der Waals surface area (Å²) in [5.41, 5.74) is 1.50. The Morgan fingerprint density at radius 1 is 1.31 bits per heavy atom. The summed E-state index contributed by atoms with van der Waals surface area (Å²) in [6.07, 6.45) is 9.82. The lowest BCUT2D eigenvalue weighted by Gasteiger charge is -2.67. The van der Waals surface area contributed by atoms with Crippen LogP contribution in [0.2, 0.25) is 0 Å². The number of aliphatic hydroxyl groups is 2. The van der Waals surface area contributed by atoms with Gasteiger partial charge in [-0.25, -0.2) is 0 Å². The number of hydrogen-bond donors (Lipinski definition) is 2. The first-order valence-electron chi connectivity index (χ1n) is 10.4. The molecule has 0 radical (unpaired) electrons.